The molecule has 4 amide bonds. The van der Waals surface area contributed by atoms with Crippen LogP contribution in [0.2, 0.25) is 0 Å². The van der Waals surface area contributed by atoms with Crippen LogP contribution in [0.25, 0.3) is 0 Å². The van der Waals surface area contributed by atoms with Gasteiger partial charge in [-0.15, -0.1) is 0 Å². The highest BCUT2D eigenvalue weighted by Gasteiger charge is 2.50. The summed E-state index contributed by atoms with van der Waals surface area (Å²) in [6.45, 7) is 4.00. The zero-order valence-corrected chi connectivity index (χ0v) is 16.6. The normalized spacial score (nSPS) is 26.7. The monoisotopic (exact) mass is 403 g/mol. The van der Waals surface area contributed by atoms with Crippen molar-refractivity contribution in [2.75, 3.05) is 32.8 Å². The minimum Gasteiger partial charge on any atom is -0.381 e. The average molecular weight is 403 g/mol. The van der Waals surface area contributed by atoms with Crippen LogP contribution < -0.4 is 5.32 Å². The van der Waals surface area contributed by atoms with E-state index in [0.29, 0.717) is 31.9 Å². The van der Waals surface area contributed by atoms with Gasteiger partial charge in [0.1, 0.15) is 17.9 Å². The maximum absolute atomic E-state index is 13.2. The van der Waals surface area contributed by atoms with Crippen molar-refractivity contribution < 1.29 is 23.5 Å². The van der Waals surface area contributed by atoms with Crippen molar-refractivity contribution in [3.63, 3.8) is 0 Å². The van der Waals surface area contributed by atoms with Crippen LogP contribution in [-0.4, -0.2) is 60.5 Å². The summed E-state index contributed by atoms with van der Waals surface area (Å²) < 4.78 is 18.7. The molecule has 3 saturated heterocycles. The van der Waals surface area contributed by atoms with Crippen LogP contribution in [0.15, 0.2) is 24.3 Å². The van der Waals surface area contributed by atoms with E-state index in [-0.39, 0.29) is 17.9 Å². The molecule has 0 aromatic heterocycles. The third-order valence-corrected chi connectivity index (χ3v) is 6.56. The summed E-state index contributed by atoms with van der Waals surface area (Å²) in [5.41, 5.74) is -0.743. The van der Waals surface area contributed by atoms with Gasteiger partial charge in [-0.1, -0.05) is 12.1 Å². The Labute approximate surface area is 169 Å². The summed E-state index contributed by atoms with van der Waals surface area (Å²) >= 11 is 0. The molecular weight excluding hydrogens is 377 g/mol. The number of carbonyl (C=O) groups is 3. The van der Waals surface area contributed by atoms with E-state index in [9.17, 15) is 18.8 Å². The Morgan fingerprint density at radius 2 is 1.86 bits per heavy atom. The van der Waals surface area contributed by atoms with Gasteiger partial charge in [-0.25, -0.2) is 9.18 Å². The topological polar surface area (TPSA) is 79.0 Å². The number of hydrogen-bond donors (Lipinski definition) is 1. The second kappa shape index (κ2) is 7.40. The van der Waals surface area contributed by atoms with E-state index in [2.05, 4.69) is 5.32 Å². The first-order valence-electron chi connectivity index (χ1n) is 10.1. The summed E-state index contributed by atoms with van der Waals surface area (Å²) in [6, 6.07) is 4.83. The number of carbonyl (C=O) groups excluding carboxylic acids is 3. The van der Waals surface area contributed by atoms with Crippen LogP contribution >= 0.6 is 0 Å². The number of piperidine rings is 1. The molecule has 1 atom stereocenters. The molecule has 3 heterocycles. The molecule has 3 fully saturated rings. The number of halogens is 1. The van der Waals surface area contributed by atoms with Crippen LogP contribution in [0.4, 0.5) is 9.18 Å². The van der Waals surface area contributed by atoms with Gasteiger partial charge in [-0.05, 0) is 55.7 Å². The Hall–Kier alpha value is -2.48. The third-order valence-electron chi connectivity index (χ3n) is 6.56. The van der Waals surface area contributed by atoms with Gasteiger partial charge in [0.05, 0.1) is 0 Å². The minimum atomic E-state index is -1.31. The lowest BCUT2D eigenvalue weighted by atomic mass is 9.74. The Morgan fingerprint density at radius 3 is 2.55 bits per heavy atom. The molecule has 156 valence electrons. The molecule has 1 N–H and O–H groups in total. The maximum atomic E-state index is 13.2. The molecule has 1 spiro atoms. The average Bonchev–Trinajstić information content (AvgIpc) is 2.93. The van der Waals surface area contributed by atoms with Gasteiger partial charge in [-0.2, -0.15) is 0 Å². The molecule has 29 heavy (non-hydrogen) atoms. The fraction of sp³-hybridized carbons (Fsp3) is 0.571. The summed E-state index contributed by atoms with van der Waals surface area (Å²) in [5, 5.41) is 2.66. The third kappa shape index (κ3) is 3.61. The lowest BCUT2D eigenvalue weighted by molar-refractivity contribution is -0.142. The van der Waals surface area contributed by atoms with E-state index in [1.54, 1.807) is 11.8 Å². The molecule has 3 aliphatic heterocycles. The maximum Gasteiger partial charge on any atom is 0.325 e. The fourth-order valence-electron chi connectivity index (χ4n) is 4.69. The van der Waals surface area contributed by atoms with Gasteiger partial charge in [0, 0.05) is 26.3 Å². The quantitative estimate of drug-likeness (QED) is 0.783. The molecule has 0 bridgehead atoms. The van der Waals surface area contributed by atoms with Gasteiger partial charge >= 0.3 is 6.03 Å². The molecule has 8 heteroatoms. The van der Waals surface area contributed by atoms with Gasteiger partial charge in [0.25, 0.3) is 5.91 Å². The van der Waals surface area contributed by atoms with E-state index >= 15 is 0 Å². The number of ether oxygens (including phenoxy) is 1. The standard InChI is InChI=1S/C21H26FN3O4/c1-20(15-3-5-16(22)6-4-15)18(27)25(19(28)23-20)13-17(26)24-10-2-7-21(14-24)8-11-29-12-9-21/h3-6H,2,7-14H2,1H3,(H,23,28). The smallest absolute Gasteiger partial charge is 0.325 e. The molecule has 1 aromatic rings. The Kier molecular flexibility index (Phi) is 5.06. The summed E-state index contributed by atoms with van der Waals surface area (Å²) in [5.74, 6) is -1.14. The number of urea groups is 1. The lowest BCUT2D eigenvalue weighted by Crippen LogP contribution is -2.51. The largest absolute Gasteiger partial charge is 0.381 e. The molecular formula is C21H26FN3O4. The van der Waals surface area contributed by atoms with Crippen molar-refractivity contribution >= 4 is 17.8 Å². The van der Waals surface area contributed by atoms with E-state index in [1.165, 1.54) is 24.3 Å². The predicted molar refractivity (Wildman–Crippen MR) is 102 cm³/mol. The number of amides is 4. The number of nitrogens with one attached hydrogen (secondary N) is 1. The van der Waals surface area contributed by atoms with Crippen molar-refractivity contribution in [2.24, 2.45) is 5.41 Å². The molecule has 1 aromatic carbocycles. The van der Waals surface area contributed by atoms with E-state index < -0.39 is 23.3 Å². The SMILES string of the molecule is CC1(c2ccc(F)cc2)NC(=O)N(CC(=O)N2CCCC3(CCOCC3)C2)C1=O. The number of rotatable bonds is 3. The number of likely N-dealkylation sites (tertiary alicyclic amines) is 1. The highest BCUT2D eigenvalue weighted by Crippen LogP contribution is 2.39. The zero-order valence-electron chi connectivity index (χ0n) is 16.6. The molecule has 0 aliphatic carbocycles. The molecule has 0 saturated carbocycles. The number of benzene rings is 1. The fourth-order valence-corrected chi connectivity index (χ4v) is 4.69. The van der Waals surface area contributed by atoms with Gasteiger partial charge < -0.3 is 15.0 Å². The van der Waals surface area contributed by atoms with Crippen molar-refractivity contribution in [1.29, 1.82) is 0 Å². The summed E-state index contributed by atoms with van der Waals surface area (Å²) in [4.78, 5) is 41.2. The van der Waals surface area contributed by atoms with Crippen molar-refractivity contribution in [3.8, 4) is 0 Å². The molecule has 0 radical (unpaired) electrons. The first-order chi connectivity index (χ1) is 13.8. The van der Waals surface area contributed by atoms with Crippen molar-refractivity contribution in [1.82, 2.24) is 15.1 Å². The minimum absolute atomic E-state index is 0.0893. The zero-order chi connectivity index (χ0) is 20.6. The Morgan fingerprint density at radius 1 is 1.17 bits per heavy atom. The van der Waals surface area contributed by atoms with E-state index in [4.69, 9.17) is 4.74 Å². The van der Waals surface area contributed by atoms with Crippen molar-refractivity contribution in [3.05, 3.63) is 35.6 Å². The second-order valence-electron chi connectivity index (χ2n) is 8.48. The lowest BCUT2D eigenvalue weighted by Gasteiger charge is -2.45. The highest BCUT2D eigenvalue weighted by atomic mass is 19.1. The number of nitrogens with zero attached hydrogens (tertiary/aromatic N) is 2. The van der Waals surface area contributed by atoms with Crippen LogP contribution in [-0.2, 0) is 19.9 Å². The molecule has 4 rings (SSSR count). The summed E-state index contributed by atoms with van der Waals surface area (Å²) in [7, 11) is 0. The van der Waals surface area contributed by atoms with Crippen molar-refractivity contribution in [2.45, 2.75) is 38.1 Å². The Bertz CT molecular complexity index is 816. The highest BCUT2D eigenvalue weighted by molar-refractivity contribution is 6.09. The molecule has 3 aliphatic rings. The first kappa shape index (κ1) is 19.8. The Balaban J connectivity index is 1.46. The summed E-state index contributed by atoms with van der Waals surface area (Å²) in [6.07, 6.45) is 3.86. The van der Waals surface area contributed by atoms with Gasteiger partial charge in [0.15, 0.2) is 0 Å². The van der Waals surface area contributed by atoms with Gasteiger partial charge in [0.2, 0.25) is 5.91 Å². The van der Waals surface area contributed by atoms with Crippen LogP contribution in [0.5, 0.6) is 0 Å². The van der Waals surface area contributed by atoms with Crippen LogP contribution in [0, 0.1) is 11.2 Å². The number of hydrogen-bond acceptors (Lipinski definition) is 4. The second-order valence-corrected chi connectivity index (χ2v) is 8.48. The van der Waals surface area contributed by atoms with E-state index in [0.717, 1.165) is 30.6 Å². The van der Waals surface area contributed by atoms with Crippen LogP contribution in [0.1, 0.15) is 38.2 Å². The predicted octanol–water partition coefficient (Wildman–Crippen LogP) is 2.01. The first-order valence-corrected chi connectivity index (χ1v) is 10.1. The van der Waals surface area contributed by atoms with Crippen LogP contribution in [0.3, 0.4) is 0 Å². The van der Waals surface area contributed by atoms with Gasteiger partial charge in [-0.3, -0.25) is 14.5 Å². The van der Waals surface area contributed by atoms with E-state index in [1.807, 2.05) is 0 Å². The number of imide groups is 1. The molecule has 1 unspecified atom stereocenters. The molecule has 7 nitrogen and oxygen atoms in total.